The lowest BCUT2D eigenvalue weighted by atomic mass is 10.1. The number of fused-ring (bicyclic) bond motifs is 1. The average Bonchev–Trinajstić information content (AvgIpc) is 2.91. The fourth-order valence-electron chi connectivity index (χ4n) is 2.26. The lowest BCUT2D eigenvalue weighted by Crippen LogP contribution is -2.16. The summed E-state index contributed by atoms with van der Waals surface area (Å²) < 4.78 is 0. The first-order chi connectivity index (χ1) is 9.25. The fraction of sp³-hybridized carbons (Fsp3) is 0.133. The maximum absolute atomic E-state index is 5.98. The van der Waals surface area contributed by atoms with E-state index in [9.17, 15) is 0 Å². The molecule has 2 aromatic heterocycles. The average molecular weight is 269 g/mol. The monoisotopic (exact) mass is 269 g/mol. The Morgan fingerprint density at radius 3 is 2.95 bits per heavy atom. The Bertz CT molecular complexity index is 692. The highest BCUT2D eigenvalue weighted by molar-refractivity contribution is 7.07. The van der Waals surface area contributed by atoms with Gasteiger partial charge in [0, 0.05) is 30.9 Å². The summed E-state index contributed by atoms with van der Waals surface area (Å²) in [5.41, 5.74) is 10.1. The number of anilines is 2. The van der Waals surface area contributed by atoms with E-state index in [-0.39, 0.29) is 0 Å². The second kappa shape index (κ2) is 4.90. The molecule has 1 aromatic carbocycles. The third-order valence-corrected chi connectivity index (χ3v) is 3.92. The Morgan fingerprint density at radius 2 is 2.16 bits per heavy atom. The molecule has 0 atom stereocenters. The number of aromatic nitrogens is 1. The Labute approximate surface area is 116 Å². The summed E-state index contributed by atoms with van der Waals surface area (Å²) in [7, 11) is 2.09. The minimum atomic E-state index is 0.725. The molecule has 0 aliphatic heterocycles. The molecule has 3 nitrogen and oxygen atoms in total. The van der Waals surface area contributed by atoms with E-state index in [4.69, 9.17) is 5.73 Å². The first kappa shape index (κ1) is 12.0. The number of para-hydroxylation sites is 1. The number of rotatable bonds is 3. The summed E-state index contributed by atoms with van der Waals surface area (Å²) in [5.74, 6) is 0. The van der Waals surface area contributed by atoms with Crippen molar-refractivity contribution in [1.82, 2.24) is 4.98 Å². The molecule has 0 aliphatic carbocycles. The van der Waals surface area contributed by atoms with Crippen molar-refractivity contribution in [3.63, 3.8) is 0 Å². The van der Waals surface area contributed by atoms with Gasteiger partial charge >= 0.3 is 0 Å². The zero-order valence-electron chi connectivity index (χ0n) is 10.7. The molecule has 2 N–H and O–H groups in total. The number of nitrogen functional groups attached to an aromatic ring is 1. The fourth-order valence-corrected chi connectivity index (χ4v) is 2.92. The van der Waals surface area contributed by atoms with E-state index in [0.29, 0.717) is 0 Å². The van der Waals surface area contributed by atoms with E-state index in [1.165, 1.54) is 5.56 Å². The highest BCUT2D eigenvalue weighted by Crippen LogP contribution is 2.28. The van der Waals surface area contributed by atoms with Gasteiger partial charge < -0.3 is 10.6 Å². The molecule has 0 saturated heterocycles. The van der Waals surface area contributed by atoms with E-state index in [1.54, 1.807) is 11.3 Å². The third kappa shape index (κ3) is 2.27. The number of thiophene rings is 1. The van der Waals surface area contributed by atoms with Crippen molar-refractivity contribution < 1.29 is 0 Å². The molecule has 0 bridgehead atoms. The largest absolute Gasteiger partial charge is 0.397 e. The molecule has 3 rings (SSSR count). The van der Waals surface area contributed by atoms with Gasteiger partial charge in [-0.25, -0.2) is 0 Å². The van der Waals surface area contributed by atoms with E-state index in [2.05, 4.69) is 39.8 Å². The molecule has 2 heterocycles. The molecule has 0 spiro atoms. The summed E-state index contributed by atoms with van der Waals surface area (Å²) in [6, 6.07) is 10.1. The van der Waals surface area contributed by atoms with Crippen LogP contribution < -0.4 is 10.6 Å². The third-order valence-electron chi connectivity index (χ3n) is 3.19. The Kier molecular flexibility index (Phi) is 3.09. The van der Waals surface area contributed by atoms with E-state index in [1.807, 2.05) is 24.4 Å². The summed E-state index contributed by atoms with van der Waals surface area (Å²) in [6.45, 7) is 0.886. The lowest BCUT2D eigenvalue weighted by Gasteiger charge is -2.20. The molecule has 19 heavy (non-hydrogen) atoms. The van der Waals surface area contributed by atoms with Gasteiger partial charge in [-0.1, -0.05) is 12.1 Å². The summed E-state index contributed by atoms with van der Waals surface area (Å²) >= 11 is 1.72. The van der Waals surface area contributed by atoms with Crippen molar-refractivity contribution in [2.45, 2.75) is 6.54 Å². The van der Waals surface area contributed by atoms with Gasteiger partial charge in [-0.15, -0.1) is 0 Å². The summed E-state index contributed by atoms with van der Waals surface area (Å²) in [4.78, 5) is 6.60. The smallest absolute Gasteiger partial charge is 0.0951 e. The second-order valence-corrected chi connectivity index (χ2v) is 5.34. The normalized spacial score (nSPS) is 10.8. The van der Waals surface area contributed by atoms with Gasteiger partial charge in [0.1, 0.15) is 0 Å². The molecular weight excluding hydrogens is 254 g/mol. The molecule has 0 saturated carbocycles. The van der Waals surface area contributed by atoms with Crippen molar-refractivity contribution in [3.05, 3.63) is 52.9 Å². The van der Waals surface area contributed by atoms with Crippen LogP contribution in [0.3, 0.4) is 0 Å². The van der Waals surface area contributed by atoms with E-state index < -0.39 is 0 Å². The molecule has 0 radical (unpaired) electrons. The van der Waals surface area contributed by atoms with Gasteiger partial charge in [-0.05, 0) is 34.5 Å². The van der Waals surface area contributed by atoms with Crippen LogP contribution in [0.5, 0.6) is 0 Å². The molecular formula is C15H15N3S. The number of hydrogen-bond acceptors (Lipinski definition) is 4. The number of nitrogens with zero attached hydrogens (tertiary/aromatic N) is 2. The molecule has 0 amide bonds. The second-order valence-electron chi connectivity index (χ2n) is 4.56. The molecule has 96 valence electrons. The lowest BCUT2D eigenvalue weighted by molar-refractivity contribution is 0.932. The van der Waals surface area contributed by atoms with Crippen LogP contribution in [0.2, 0.25) is 0 Å². The van der Waals surface area contributed by atoms with E-state index in [0.717, 1.165) is 28.8 Å². The highest BCUT2D eigenvalue weighted by atomic mass is 32.1. The van der Waals surface area contributed by atoms with E-state index >= 15 is 0 Å². The minimum absolute atomic E-state index is 0.725. The van der Waals surface area contributed by atoms with Gasteiger partial charge in [-0.2, -0.15) is 11.3 Å². The van der Waals surface area contributed by atoms with Crippen molar-refractivity contribution in [3.8, 4) is 0 Å². The highest BCUT2D eigenvalue weighted by Gasteiger charge is 2.08. The number of hydrogen-bond donors (Lipinski definition) is 1. The van der Waals surface area contributed by atoms with Gasteiger partial charge in [0.25, 0.3) is 0 Å². The zero-order chi connectivity index (χ0) is 13.2. The van der Waals surface area contributed by atoms with Crippen molar-refractivity contribution >= 4 is 33.6 Å². The summed E-state index contributed by atoms with van der Waals surface area (Å²) in [6.07, 6.45) is 1.82. The van der Waals surface area contributed by atoms with Gasteiger partial charge in [-0.3, -0.25) is 4.98 Å². The molecule has 4 heteroatoms. The van der Waals surface area contributed by atoms with Crippen LogP contribution in [-0.2, 0) is 6.54 Å². The minimum Gasteiger partial charge on any atom is -0.397 e. The van der Waals surface area contributed by atoms with Crippen molar-refractivity contribution in [2.24, 2.45) is 0 Å². The van der Waals surface area contributed by atoms with Crippen LogP contribution >= 0.6 is 11.3 Å². The van der Waals surface area contributed by atoms with Crippen LogP contribution in [0, 0.1) is 0 Å². The van der Waals surface area contributed by atoms with Crippen LogP contribution in [0.1, 0.15) is 5.56 Å². The quantitative estimate of drug-likeness (QED) is 0.740. The number of nitrogens with two attached hydrogens (primary N) is 1. The van der Waals surface area contributed by atoms with Crippen molar-refractivity contribution in [1.29, 1.82) is 0 Å². The van der Waals surface area contributed by atoms with Crippen LogP contribution in [0.25, 0.3) is 10.9 Å². The maximum atomic E-state index is 5.98. The SMILES string of the molecule is CN(Cc1ccsc1)c1ccnc2c(N)cccc12. The standard InChI is InChI=1S/C15H15N3S/c1-18(9-11-6-8-19-10-11)14-5-7-17-15-12(14)3-2-4-13(15)16/h2-8,10H,9,16H2,1H3. The van der Waals surface area contributed by atoms with Crippen LogP contribution in [-0.4, -0.2) is 12.0 Å². The topological polar surface area (TPSA) is 42.2 Å². The Hall–Kier alpha value is -2.07. The Morgan fingerprint density at radius 1 is 1.26 bits per heavy atom. The molecule has 0 aliphatic rings. The number of benzene rings is 1. The van der Waals surface area contributed by atoms with Gasteiger partial charge in [0.15, 0.2) is 0 Å². The van der Waals surface area contributed by atoms with Gasteiger partial charge in [0.05, 0.1) is 11.2 Å². The predicted octanol–water partition coefficient (Wildman–Crippen LogP) is 3.51. The zero-order valence-corrected chi connectivity index (χ0v) is 11.5. The van der Waals surface area contributed by atoms with Crippen molar-refractivity contribution in [2.75, 3.05) is 17.7 Å². The van der Waals surface area contributed by atoms with Crippen LogP contribution in [0.15, 0.2) is 47.3 Å². The first-order valence-corrected chi connectivity index (χ1v) is 7.05. The summed E-state index contributed by atoms with van der Waals surface area (Å²) in [5, 5.41) is 5.38. The Balaban J connectivity index is 2.02. The number of pyridine rings is 1. The molecule has 3 aromatic rings. The molecule has 0 unspecified atom stereocenters. The maximum Gasteiger partial charge on any atom is 0.0951 e. The molecule has 0 fully saturated rings. The van der Waals surface area contributed by atoms with Gasteiger partial charge in [0.2, 0.25) is 0 Å². The predicted molar refractivity (Wildman–Crippen MR) is 82.6 cm³/mol. The first-order valence-electron chi connectivity index (χ1n) is 6.11. The van der Waals surface area contributed by atoms with Crippen LogP contribution in [0.4, 0.5) is 11.4 Å².